The molecule has 9 heteroatoms. The molecule has 8 nitrogen and oxygen atoms in total. The Morgan fingerprint density at radius 2 is 2.00 bits per heavy atom. The van der Waals surface area contributed by atoms with E-state index in [1.165, 1.54) is 12.1 Å². The summed E-state index contributed by atoms with van der Waals surface area (Å²) in [7, 11) is -3.84. The maximum atomic E-state index is 12.8. The molecule has 0 aliphatic carbocycles. The third kappa shape index (κ3) is 3.03. The van der Waals surface area contributed by atoms with Crippen molar-refractivity contribution < 1.29 is 17.9 Å². The minimum atomic E-state index is -3.84. The standard InChI is InChI=1S/C17H22N4O4S/c1-6-21-11(3)15(10(2)19-21)20-26(23,24)12-7-8-14-13(9-12)18-16(22)17(4,5)25-14/h7-9,20H,6H2,1-5H3,(H,18,22). The van der Waals surface area contributed by atoms with Crippen LogP contribution in [0.1, 0.15) is 32.2 Å². The van der Waals surface area contributed by atoms with Crippen LogP contribution in [-0.4, -0.2) is 29.7 Å². The van der Waals surface area contributed by atoms with Crippen molar-refractivity contribution in [1.29, 1.82) is 0 Å². The molecule has 1 aromatic carbocycles. The number of sulfonamides is 1. The molecule has 1 aliphatic heterocycles. The fraction of sp³-hybridized carbons (Fsp3) is 0.412. The fourth-order valence-corrected chi connectivity index (χ4v) is 4.00. The van der Waals surface area contributed by atoms with Gasteiger partial charge in [0, 0.05) is 6.54 Å². The van der Waals surface area contributed by atoms with E-state index in [4.69, 9.17) is 4.74 Å². The number of nitrogens with zero attached hydrogens (tertiary/aromatic N) is 2. The van der Waals surface area contributed by atoms with E-state index in [-0.39, 0.29) is 10.8 Å². The van der Waals surface area contributed by atoms with Gasteiger partial charge in [0.25, 0.3) is 15.9 Å². The van der Waals surface area contributed by atoms with Crippen LogP contribution in [0.4, 0.5) is 11.4 Å². The molecule has 1 aromatic heterocycles. The van der Waals surface area contributed by atoms with Crippen LogP contribution in [0.15, 0.2) is 23.1 Å². The quantitative estimate of drug-likeness (QED) is 0.851. The van der Waals surface area contributed by atoms with E-state index in [0.717, 1.165) is 5.69 Å². The third-order valence-corrected chi connectivity index (χ3v) is 5.69. The molecule has 0 fully saturated rings. The van der Waals surface area contributed by atoms with E-state index < -0.39 is 15.6 Å². The molecular weight excluding hydrogens is 356 g/mol. The van der Waals surface area contributed by atoms with Crippen LogP contribution < -0.4 is 14.8 Å². The van der Waals surface area contributed by atoms with Crippen LogP contribution in [0, 0.1) is 13.8 Å². The zero-order chi connectivity index (χ0) is 19.3. The lowest BCUT2D eigenvalue weighted by Gasteiger charge is -2.31. The van der Waals surface area contributed by atoms with Crippen molar-refractivity contribution in [2.75, 3.05) is 10.0 Å². The molecule has 0 saturated heterocycles. The van der Waals surface area contributed by atoms with Crippen LogP contribution in [0.3, 0.4) is 0 Å². The number of carbonyl (C=O) groups excluding carboxylic acids is 1. The Balaban J connectivity index is 1.96. The van der Waals surface area contributed by atoms with E-state index in [2.05, 4.69) is 15.1 Å². The Labute approximate surface area is 152 Å². The predicted molar refractivity (Wildman–Crippen MR) is 98.0 cm³/mol. The van der Waals surface area contributed by atoms with Crippen molar-refractivity contribution in [1.82, 2.24) is 9.78 Å². The number of fused-ring (bicyclic) bond motifs is 1. The highest BCUT2D eigenvalue weighted by atomic mass is 32.2. The SMILES string of the molecule is CCn1nc(C)c(NS(=O)(=O)c2ccc3c(c2)NC(=O)C(C)(C)O3)c1C. The summed E-state index contributed by atoms with van der Waals surface area (Å²) in [5, 5.41) is 7.01. The number of rotatable bonds is 4. The Morgan fingerprint density at radius 1 is 1.31 bits per heavy atom. The van der Waals surface area contributed by atoms with Crippen molar-refractivity contribution in [2.24, 2.45) is 0 Å². The summed E-state index contributed by atoms with van der Waals surface area (Å²) in [5.41, 5.74) is 1.13. The summed E-state index contributed by atoms with van der Waals surface area (Å²) in [6, 6.07) is 4.38. The number of nitrogens with one attached hydrogen (secondary N) is 2. The minimum absolute atomic E-state index is 0.0305. The van der Waals surface area contributed by atoms with Gasteiger partial charge in [-0.05, 0) is 52.8 Å². The Kier molecular flexibility index (Phi) is 4.22. The third-order valence-electron chi connectivity index (χ3n) is 4.34. The Morgan fingerprint density at radius 3 is 2.62 bits per heavy atom. The lowest BCUT2D eigenvalue weighted by atomic mass is 10.1. The van der Waals surface area contributed by atoms with Gasteiger partial charge in [-0.25, -0.2) is 8.42 Å². The molecule has 2 aromatic rings. The monoisotopic (exact) mass is 378 g/mol. The fourth-order valence-electron chi connectivity index (χ4n) is 2.80. The first-order valence-electron chi connectivity index (χ1n) is 8.26. The van der Waals surface area contributed by atoms with Crippen LogP contribution in [0.2, 0.25) is 0 Å². The zero-order valence-corrected chi connectivity index (χ0v) is 16.2. The topological polar surface area (TPSA) is 102 Å². The molecular formula is C17H22N4O4S. The number of hydrogen-bond acceptors (Lipinski definition) is 5. The Hall–Kier alpha value is -2.55. The van der Waals surface area contributed by atoms with Gasteiger partial charge in [0.15, 0.2) is 5.60 Å². The molecule has 0 bridgehead atoms. The molecule has 0 spiro atoms. The molecule has 0 unspecified atom stereocenters. The van der Waals surface area contributed by atoms with Crippen molar-refractivity contribution in [3.05, 3.63) is 29.6 Å². The van der Waals surface area contributed by atoms with E-state index in [0.29, 0.717) is 29.4 Å². The molecule has 1 aliphatic rings. The van der Waals surface area contributed by atoms with Crippen LogP contribution in [-0.2, 0) is 21.4 Å². The first-order valence-corrected chi connectivity index (χ1v) is 9.75. The van der Waals surface area contributed by atoms with Gasteiger partial charge in [-0.3, -0.25) is 14.2 Å². The second kappa shape index (κ2) is 6.01. The number of amides is 1. The molecule has 140 valence electrons. The summed E-state index contributed by atoms with van der Waals surface area (Å²) >= 11 is 0. The van der Waals surface area contributed by atoms with Crippen LogP contribution in [0.5, 0.6) is 5.75 Å². The average Bonchev–Trinajstić information content (AvgIpc) is 2.82. The van der Waals surface area contributed by atoms with E-state index in [9.17, 15) is 13.2 Å². The van der Waals surface area contributed by atoms with E-state index in [1.54, 1.807) is 31.5 Å². The van der Waals surface area contributed by atoms with Crippen molar-refractivity contribution in [3.8, 4) is 5.75 Å². The first-order chi connectivity index (χ1) is 12.0. The smallest absolute Gasteiger partial charge is 0.268 e. The van der Waals surface area contributed by atoms with Gasteiger partial charge in [0.1, 0.15) is 5.75 Å². The van der Waals surface area contributed by atoms with Gasteiger partial charge >= 0.3 is 0 Å². The van der Waals surface area contributed by atoms with Gasteiger partial charge in [0.05, 0.1) is 27.7 Å². The summed E-state index contributed by atoms with van der Waals surface area (Å²) in [5.74, 6) is 0.100. The number of carbonyl (C=O) groups is 1. The summed E-state index contributed by atoms with van der Waals surface area (Å²) in [6.45, 7) is 9.44. The highest BCUT2D eigenvalue weighted by Gasteiger charge is 2.36. The zero-order valence-electron chi connectivity index (χ0n) is 15.4. The summed E-state index contributed by atoms with van der Waals surface area (Å²) in [6.07, 6.45) is 0. The van der Waals surface area contributed by atoms with Gasteiger partial charge in [-0.15, -0.1) is 0 Å². The largest absolute Gasteiger partial charge is 0.476 e. The number of anilines is 2. The maximum absolute atomic E-state index is 12.8. The molecule has 26 heavy (non-hydrogen) atoms. The van der Waals surface area contributed by atoms with E-state index in [1.807, 2.05) is 13.8 Å². The predicted octanol–water partition coefficient (Wildman–Crippen LogP) is 2.43. The van der Waals surface area contributed by atoms with E-state index >= 15 is 0 Å². The van der Waals surface area contributed by atoms with Gasteiger partial charge in [-0.1, -0.05) is 0 Å². The second-order valence-corrected chi connectivity index (χ2v) is 8.37. The van der Waals surface area contributed by atoms with Crippen LogP contribution in [0.25, 0.3) is 0 Å². The number of aromatic nitrogens is 2. The molecule has 1 amide bonds. The molecule has 0 saturated carbocycles. The molecule has 3 rings (SSSR count). The van der Waals surface area contributed by atoms with Gasteiger partial charge in [0.2, 0.25) is 0 Å². The molecule has 2 heterocycles. The Bertz CT molecular complexity index is 992. The minimum Gasteiger partial charge on any atom is -0.476 e. The number of benzene rings is 1. The highest BCUT2D eigenvalue weighted by molar-refractivity contribution is 7.92. The van der Waals surface area contributed by atoms with Crippen molar-refractivity contribution in [3.63, 3.8) is 0 Å². The average molecular weight is 378 g/mol. The van der Waals surface area contributed by atoms with Gasteiger partial charge in [-0.2, -0.15) is 5.10 Å². The van der Waals surface area contributed by atoms with Crippen LogP contribution >= 0.6 is 0 Å². The lowest BCUT2D eigenvalue weighted by Crippen LogP contribution is -2.45. The first kappa shape index (κ1) is 18.2. The molecule has 2 N–H and O–H groups in total. The summed E-state index contributed by atoms with van der Waals surface area (Å²) in [4.78, 5) is 12.1. The summed E-state index contributed by atoms with van der Waals surface area (Å²) < 4.78 is 35.6. The highest BCUT2D eigenvalue weighted by Crippen LogP contribution is 2.35. The second-order valence-electron chi connectivity index (χ2n) is 6.69. The molecule has 0 atom stereocenters. The lowest BCUT2D eigenvalue weighted by molar-refractivity contribution is -0.129. The maximum Gasteiger partial charge on any atom is 0.268 e. The van der Waals surface area contributed by atoms with Crippen molar-refractivity contribution >= 4 is 27.3 Å². The van der Waals surface area contributed by atoms with Crippen molar-refractivity contribution in [2.45, 2.75) is 51.7 Å². The molecule has 0 radical (unpaired) electrons. The number of aryl methyl sites for hydroxylation is 2. The normalized spacial score (nSPS) is 15.8. The van der Waals surface area contributed by atoms with Gasteiger partial charge < -0.3 is 10.1 Å². The number of hydrogen-bond donors (Lipinski definition) is 2. The number of ether oxygens (including phenoxy) is 1.